The summed E-state index contributed by atoms with van der Waals surface area (Å²) in [6.45, 7) is 7.42. The van der Waals surface area contributed by atoms with E-state index in [1.54, 1.807) is 53.8 Å². The smallest absolute Gasteiger partial charge is 0.263 e. The Labute approximate surface area is 230 Å². The Morgan fingerprint density at radius 2 is 1.85 bits per heavy atom. The van der Waals surface area contributed by atoms with Crippen molar-refractivity contribution in [2.24, 2.45) is 20.0 Å². The number of anilines is 1. The topological polar surface area (TPSA) is 111 Å². The molecule has 1 aromatic carbocycles. The third-order valence-corrected chi connectivity index (χ3v) is 6.53. The van der Waals surface area contributed by atoms with Gasteiger partial charge < -0.3 is 24.2 Å². The van der Waals surface area contributed by atoms with Crippen molar-refractivity contribution in [1.29, 1.82) is 0 Å². The van der Waals surface area contributed by atoms with Crippen molar-refractivity contribution in [2.75, 3.05) is 11.9 Å². The van der Waals surface area contributed by atoms with Gasteiger partial charge in [0.1, 0.15) is 17.7 Å². The van der Waals surface area contributed by atoms with E-state index in [9.17, 15) is 14.0 Å². The van der Waals surface area contributed by atoms with Gasteiger partial charge in [0.05, 0.1) is 11.4 Å². The van der Waals surface area contributed by atoms with Gasteiger partial charge in [-0.25, -0.2) is 9.37 Å². The lowest BCUT2D eigenvalue weighted by atomic mass is 9.99. The fourth-order valence-electron chi connectivity index (χ4n) is 4.68. The number of hydrogen-bond donors (Lipinski definition) is 2. The van der Waals surface area contributed by atoms with Gasteiger partial charge in [-0.15, -0.1) is 10.2 Å². The SMILES string of the molecule is Cc1cn2cc(-c3ccc(F)cc3-c3nncn3C)cc(NC(=O)c3cc(CNCC(C)C)cn(C)c3=O)c2n1. The van der Waals surface area contributed by atoms with Crippen LogP contribution < -0.4 is 16.2 Å². The Kier molecular flexibility index (Phi) is 7.31. The number of nitrogens with one attached hydrogen (secondary N) is 2. The molecule has 0 radical (unpaired) electrons. The van der Waals surface area contributed by atoms with Crippen LogP contribution >= 0.6 is 0 Å². The van der Waals surface area contributed by atoms with Crippen LogP contribution in [-0.2, 0) is 20.6 Å². The van der Waals surface area contributed by atoms with E-state index in [1.807, 2.05) is 19.3 Å². The van der Waals surface area contributed by atoms with E-state index in [0.29, 0.717) is 46.3 Å². The summed E-state index contributed by atoms with van der Waals surface area (Å²) in [4.78, 5) is 31.0. The maximum atomic E-state index is 14.3. The molecule has 11 heteroatoms. The normalized spacial score (nSPS) is 11.5. The zero-order valence-electron chi connectivity index (χ0n) is 23.1. The summed E-state index contributed by atoms with van der Waals surface area (Å²) in [5.74, 6) is 0.0127. The van der Waals surface area contributed by atoms with Gasteiger partial charge >= 0.3 is 0 Å². The van der Waals surface area contributed by atoms with Crippen molar-refractivity contribution in [3.63, 3.8) is 0 Å². The predicted molar refractivity (Wildman–Crippen MR) is 152 cm³/mol. The molecule has 0 aliphatic rings. The lowest BCUT2D eigenvalue weighted by Gasteiger charge is -2.14. The number of amides is 1. The summed E-state index contributed by atoms with van der Waals surface area (Å²) in [5, 5.41) is 14.4. The van der Waals surface area contributed by atoms with Crippen LogP contribution in [0, 0.1) is 18.7 Å². The van der Waals surface area contributed by atoms with Crippen LogP contribution in [0.1, 0.15) is 35.5 Å². The fourth-order valence-corrected chi connectivity index (χ4v) is 4.68. The molecule has 0 fully saturated rings. The summed E-state index contributed by atoms with van der Waals surface area (Å²) >= 11 is 0. The van der Waals surface area contributed by atoms with Gasteiger partial charge in [-0.3, -0.25) is 9.59 Å². The maximum Gasteiger partial charge on any atom is 0.263 e. The van der Waals surface area contributed by atoms with Crippen LogP contribution in [0.2, 0.25) is 0 Å². The second-order valence-corrected chi connectivity index (χ2v) is 10.4. The van der Waals surface area contributed by atoms with Crippen LogP contribution in [0.25, 0.3) is 28.2 Å². The number of rotatable bonds is 8. The average Bonchev–Trinajstić information content (AvgIpc) is 3.50. The van der Waals surface area contributed by atoms with Crippen LogP contribution in [0.15, 0.2) is 60.0 Å². The van der Waals surface area contributed by atoms with Gasteiger partial charge in [-0.1, -0.05) is 19.9 Å². The number of carbonyl (C=O) groups is 1. The molecule has 0 aliphatic carbocycles. The number of fused-ring (bicyclic) bond motifs is 1. The van der Waals surface area contributed by atoms with Gasteiger partial charge in [0.2, 0.25) is 0 Å². The Morgan fingerprint density at radius 3 is 2.58 bits per heavy atom. The highest BCUT2D eigenvalue weighted by Gasteiger charge is 2.19. The van der Waals surface area contributed by atoms with Crippen molar-refractivity contribution in [3.8, 4) is 22.5 Å². The number of halogens is 1. The lowest BCUT2D eigenvalue weighted by molar-refractivity contribution is 0.102. The minimum Gasteiger partial charge on any atom is -0.319 e. The molecule has 5 rings (SSSR count). The second-order valence-electron chi connectivity index (χ2n) is 10.4. The Balaban J connectivity index is 1.57. The summed E-state index contributed by atoms with van der Waals surface area (Å²) in [6, 6.07) is 7.84. The third-order valence-electron chi connectivity index (χ3n) is 6.53. The highest BCUT2D eigenvalue weighted by Crippen LogP contribution is 2.34. The molecule has 0 unspecified atom stereocenters. The summed E-state index contributed by atoms with van der Waals surface area (Å²) < 4.78 is 19.3. The van der Waals surface area contributed by atoms with Crippen molar-refractivity contribution in [1.82, 2.24) is 34.0 Å². The average molecular weight is 543 g/mol. The molecule has 0 saturated heterocycles. The number of imidazole rings is 1. The molecule has 0 saturated carbocycles. The highest BCUT2D eigenvalue weighted by atomic mass is 19.1. The first-order chi connectivity index (χ1) is 19.1. The van der Waals surface area contributed by atoms with Crippen molar-refractivity contribution < 1.29 is 9.18 Å². The number of aromatic nitrogens is 6. The number of benzene rings is 1. The summed E-state index contributed by atoms with van der Waals surface area (Å²) in [6.07, 6.45) is 6.97. The molecule has 40 heavy (non-hydrogen) atoms. The van der Waals surface area contributed by atoms with Gasteiger partial charge in [0.25, 0.3) is 11.5 Å². The molecule has 10 nitrogen and oxygen atoms in total. The standard InChI is InChI=1S/C29H31FN8O2/c1-17(2)11-31-12-19-8-24(29(40)36(4)14-19)28(39)34-25-9-20(15-38-13-18(3)33-27(25)38)22-7-6-21(30)10-23(22)26-35-32-16-37(26)5/h6-10,13-17,31H,11-12H2,1-5H3,(H,34,39). The molecule has 0 spiro atoms. The molecular weight excluding hydrogens is 511 g/mol. The molecule has 0 aliphatic heterocycles. The van der Waals surface area contributed by atoms with E-state index in [1.165, 1.54) is 16.7 Å². The molecule has 0 atom stereocenters. The first-order valence-electron chi connectivity index (χ1n) is 13.0. The number of aryl methyl sites for hydroxylation is 3. The quantitative estimate of drug-likeness (QED) is 0.307. The number of nitrogens with zero attached hydrogens (tertiary/aromatic N) is 6. The number of carbonyl (C=O) groups excluding carboxylic acids is 1. The van der Waals surface area contributed by atoms with Crippen molar-refractivity contribution in [3.05, 3.63) is 88.2 Å². The minimum atomic E-state index is -0.543. The molecule has 0 bridgehead atoms. The monoisotopic (exact) mass is 542 g/mol. The van der Waals surface area contributed by atoms with Crippen LogP contribution in [0.5, 0.6) is 0 Å². The highest BCUT2D eigenvalue weighted by molar-refractivity contribution is 6.06. The molecule has 1 amide bonds. The molecule has 206 valence electrons. The van der Waals surface area contributed by atoms with Gasteiger partial charge in [0, 0.05) is 50.4 Å². The first-order valence-corrected chi connectivity index (χ1v) is 13.0. The lowest BCUT2D eigenvalue weighted by Crippen LogP contribution is -2.29. The number of pyridine rings is 2. The zero-order valence-corrected chi connectivity index (χ0v) is 23.1. The van der Waals surface area contributed by atoms with Crippen molar-refractivity contribution in [2.45, 2.75) is 27.3 Å². The van der Waals surface area contributed by atoms with Gasteiger partial charge in [-0.05, 0) is 54.8 Å². The van der Waals surface area contributed by atoms with E-state index in [0.717, 1.165) is 17.8 Å². The summed E-state index contributed by atoms with van der Waals surface area (Å²) in [7, 11) is 3.41. The van der Waals surface area contributed by atoms with Crippen LogP contribution in [0.4, 0.5) is 10.1 Å². The molecule has 4 heterocycles. The van der Waals surface area contributed by atoms with Gasteiger partial charge in [0.15, 0.2) is 11.5 Å². The molecule has 2 N–H and O–H groups in total. The molecular formula is C29H31FN8O2. The predicted octanol–water partition coefficient (Wildman–Crippen LogP) is 3.94. The van der Waals surface area contributed by atoms with E-state index < -0.39 is 17.3 Å². The minimum absolute atomic E-state index is 0.0275. The fraction of sp³-hybridized carbons (Fsp3) is 0.276. The maximum absolute atomic E-state index is 14.3. The van der Waals surface area contributed by atoms with E-state index in [4.69, 9.17) is 0 Å². The molecule has 4 aromatic heterocycles. The van der Waals surface area contributed by atoms with Crippen LogP contribution in [0.3, 0.4) is 0 Å². The van der Waals surface area contributed by atoms with Crippen molar-refractivity contribution >= 4 is 17.2 Å². The summed E-state index contributed by atoms with van der Waals surface area (Å²) in [5.41, 5.74) is 4.05. The Bertz CT molecular complexity index is 1780. The largest absolute Gasteiger partial charge is 0.319 e. The first kappa shape index (κ1) is 26.9. The van der Waals surface area contributed by atoms with E-state index in [2.05, 4.69) is 39.7 Å². The van der Waals surface area contributed by atoms with E-state index >= 15 is 0 Å². The van der Waals surface area contributed by atoms with E-state index in [-0.39, 0.29) is 5.56 Å². The third kappa shape index (κ3) is 5.41. The Hall–Kier alpha value is -4.64. The zero-order chi connectivity index (χ0) is 28.6. The second kappa shape index (κ2) is 10.9. The Morgan fingerprint density at radius 1 is 1.05 bits per heavy atom. The van der Waals surface area contributed by atoms with Gasteiger partial charge in [-0.2, -0.15) is 0 Å². The number of hydrogen-bond acceptors (Lipinski definition) is 6. The van der Waals surface area contributed by atoms with Crippen LogP contribution in [-0.4, -0.2) is 41.2 Å². The molecule has 5 aromatic rings.